The van der Waals surface area contributed by atoms with E-state index in [1.54, 1.807) is 6.20 Å². The van der Waals surface area contributed by atoms with Crippen LogP contribution in [0.4, 0.5) is 11.4 Å². The fraction of sp³-hybridized carbons (Fsp3) is 0.400. The van der Waals surface area contributed by atoms with Crippen molar-refractivity contribution in [3.8, 4) is 5.75 Å². The third kappa shape index (κ3) is 5.39. The van der Waals surface area contributed by atoms with Gasteiger partial charge in [0, 0.05) is 67.1 Å². The molecule has 8 heteroatoms. The molecule has 0 aliphatic carbocycles. The fourth-order valence-electron chi connectivity index (χ4n) is 4.46. The molecule has 0 spiro atoms. The van der Waals surface area contributed by atoms with E-state index in [1.165, 1.54) is 5.56 Å². The van der Waals surface area contributed by atoms with Gasteiger partial charge in [-0.25, -0.2) is 0 Å². The molecular weight excluding hydrogens is 440 g/mol. The molecule has 3 aromatic rings. The molecule has 2 aliphatic rings. The van der Waals surface area contributed by atoms with E-state index in [2.05, 4.69) is 32.2 Å². The zero-order valence-electron chi connectivity index (χ0n) is 18.6. The number of morpholine rings is 2. The minimum atomic E-state index is 0.283. The summed E-state index contributed by atoms with van der Waals surface area (Å²) in [6.45, 7) is 8.04. The largest absolute Gasteiger partial charge is 0.505 e. The summed E-state index contributed by atoms with van der Waals surface area (Å²) in [5, 5.41) is 16.3. The number of hydrogen-bond donors (Lipinski definition) is 2. The Kier molecular flexibility index (Phi) is 6.94. The number of phenols is 1. The van der Waals surface area contributed by atoms with Crippen molar-refractivity contribution in [2.75, 3.05) is 57.9 Å². The van der Waals surface area contributed by atoms with Crippen molar-refractivity contribution in [3.05, 3.63) is 58.7 Å². The molecule has 3 heterocycles. The van der Waals surface area contributed by atoms with Crippen molar-refractivity contribution in [2.24, 2.45) is 0 Å². The van der Waals surface area contributed by atoms with Gasteiger partial charge in [-0.3, -0.25) is 14.8 Å². The first-order valence-corrected chi connectivity index (χ1v) is 11.8. The third-order valence-corrected chi connectivity index (χ3v) is 6.47. The number of phenolic OH excluding ortho intramolecular Hbond substituents is 1. The van der Waals surface area contributed by atoms with Crippen LogP contribution in [0.3, 0.4) is 0 Å². The van der Waals surface area contributed by atoms with Crippen molar-refractivity contribution in [1.29, 1.82) is 0 Å². The Balaban J connectivity index is 1.48. The molecule has 0 atom stereocenters. The first-order valence-electron chi connectivity index (χ1n) is 11.4. The summed E-state index contributed by atoms with van der Waals surface area (Å²) < 4.78 is 11.0. The van der Waals surface area contributed by atoms with Gasteiger partial charge >= 0.3 is 0 Å². The van der Waals surface area contributed by atoms with Crippen molar-refractivity contribution in [3.63, 3.8) is 0 Å². The molecule has 0 unspecified atom stereocenters. The van der Waals surface area contributed by atoms with Crippen molar-refractivity contribution in [2.45, 2.75) is 13.1 Å². The monoisotopic (exact) mass is 468 g/mol. The number of hydrogen-bond acceptors (Lipinski definition) is 7. The van der Waals surface area contributed by atoms with Crippen LogP contribution in [0.1, 0.15) is 11.1 Å². The molecule has 2 aromatic carbocycles. The normalized spacial score (nSPS) is 18.0. The van der Waals surface area contributed by atoms with Gasteiger partial charge in [0.15, 0.2) is 0 Å². The van der Waals surface area contributed by atoms with Crippen LogP contribution in [0.25, 0.3) is 10.9 Å². The topological polar surface area (TPSA) is 70.1 Å². The number of halogens is 1. The van der Waals surface area contributed by atoms with Crippen LogP contribution >= 0.6 is 11.6 Å². The zero-order chi connectivity index (χ0) is 22.6. The molecule has 0 saturated carbocycles. The maximum atomic E-state index is 11.2. The predicted molar refractivity (Wildman–Crippen MR) is 130 cm³/mol. The Morgan fingerprint density at radius 3 is 2.30 bits per heavy atom. The molecule has 2 aliphatic heterocycles. The van der Waals surface area contributed by atoms with Gasteiger partial charge in [0.2, 0.25) is 0 Å². The predicted octanol–water partition coefficient (Wildman–Crippen LogP) is 4.00. The Bertz CT molecular complexity index is 1110. The number of aromatic hydroxyl groups is 1. The Hall–Kier alpha value is -2.42. The second-order valence-electron chi connectivity index (χ2n) is 8.57. The highest BCUT2D eigenvalue weighted by Crippen LogP contribution is 2.35. The number of nitrogens with one attached hydrogen (secondary N) is 1. The van der Waals surface area contributed by atoms with Crippen LogP contribution in [0.2, 0.25) is 5.02 Å². The summed E-state index contributed by atoms with van der Waals surface area (Å²) in [6, 6.07) is 11.8. The fourth-order valence-corrected chi connectivity index (χ4v) is 4.63. The number of nitrogens with zero attached hydrogens (tertiary/aromatic N) is 3. The zero-order valence-corrected chi connectivity index (χ0v) is 19.4. The summed E-state index contributed by atoms with van der Waals surface area (Å²) in [5.41, 5.74) is 4.48. The molecule has 33 heavy (non-hydrogen) atoms. The smallest absolute Gasteiger partial charge is 0.143 e. The highest BCUT2D eigenvalue weighted by atomic mass is 35.5. The number of pyridine rings is 1. The molecule has 7 nitrogen and oxygen atoms in total. The van der Waals surface area contributed by atoms with Gasteiger partial charge in [-0.2, -0.15) is 0 Å². The van der Waals surface area contributed by atoms with E-state index in [-0.39, 0.29) is 5.75 Å². The van der Waals surface area contributed by atoms with Crippen molar-refractivity contribution in [1.82, 2.24) is 14.8 Å². The van der Waals surface area contributed by atoms with E-state index in [1.807, 2.05) is 24.3 Å². The molecule has 0 bridgehead atoms. The molecule has 5 rings (SSSR count). The lowest BCUT2D eigenvalue weighted by molar-refractivity contribution is 0.0332. The van der Waals surface area contributed by atoms with Crippen LogP contribution < -0.4 is 5.32 Å². The van der Waals surface area contributed by atoms with Crippen molar-refractivity contribution >= 4 is 33.9 Å². The average Bonchev–Trinajstić information content (AvgIpc) is 2.83. The molecule has 0 radical (unpaired) electrons. The molecule has 174 valence electrons. The number of rotatable bonds is 6. The second kappa shape index (κ2) is 10.2. The van der Waals surface area contributed by atoms with Crippen molar-refractivity contribution < 1.29 is 14.6 Å². The minimum Gasteiger partial charge on any atom is -0.505 e. The summed E-state index contributed by atoms with van der Waals surface area (Å²) in [7, 11) is 0. The lowest BCUT2D eigenvalue weighted by Crippen LogP contribution is -2.36. The SMILES string of the molecule is Oc1c(CN2CCOCC2)cc(CN2CCOCC2)cc1Nc1ccnc2cc(Cl)ccc12. The second-order valence-corrected chi connectivity index (χ2v) is 9.01. The Labute approximate surface area is 198 Å². The number of benzene rings is 2. The highest BCUT2D eigenvalue weighted by Gasteiger charge is 2.18. The van der Waals surface area contributed by atoms with Gasteiger partial charge in [-0.1, -0.05) is 11.6 Å². The first kappa shape index (κ1) is 22.4. The van der Waals surface area contributed by atoms with Gasteiger partial charge in [-0.15, -0.1) is 0 Å². The van der Waals surface area contributed by atoms with Crippen LogP contribution in [-0.4, -0.2) is 72.5 Å². The van der Waals surface area contributed by atoms with Crippen LogP contribution in [-0.2, 0) is 22.6 Å². The van der Waals surface area contributed by atoms with E-state index in [9.17, 15) is 5.11 Å². The minimum absolute atomic E-state index is 0.283. The van der Waals surface area contributed by atoms with Gasteiger partial charge in [0.05, 0.1) is 37.6 Å². The Morgan fingerprint density at radius 2 is 1.58 bits per heavy atom. The maximum absolute atomic E-state index is 11.2. The number of anilines is 2. The lowest BCUT2D eigenvalue weighted by atomic mass is 10.0. The summed E-state index contributed by atoms with van der Waals surface area (Å²) in [4.78, 5) is 9.15. The summed E-state index contributed by atoms with van der Waals surface area (Å²) in [6.07, 6.45) is 1.75. The van der Waals surface area contributed by atoms with Crippen LogP contribution in [0, 0.1) is 0 Å². The van der Waals surface area contributed by atoms with E-state index in [4.69, 9.17) is 21.1 Å². The molecule has 2 fully saturated rings. The molecular formula is C25H29ClN4O3. The standard InChI is InChI=1S/C25H29ClN4O3/c26-20-1-2-21-22(3-4-27-23(21)15-20)28-24-14-18(16-29-5-9-32-10-6-29)13-19(25(24)31)17-30-7-11-33-12-8-30/h1-4,13-15,31H,5-12,16-17H2,(H,27,28). The highest BCUT2D eigenvalue weighted by molar-refractivity contribution is 6.31. The van der Waals surface area contributed by atoms with Crippen LogP contribution in [0.5, 0.6) is 5.75 Å². The Morgan fingerprint density at radius 1 is 0.879 bits per heavy atom. The average molecular weight is 469 g/mol. The quantitative estimate of drug-likeness (QED) is 0.530. The van der Waals surface area contributed by atoms with E-state index >= 15 is 0 Å². The van der Waals surface area contributed by atoms with Crippen LogP contribution in [0.15, 0.2) is 42.6 Å². The van der Waals surface area contributed by atoms with Gasteiger partial charge < -0.3 is 19.9 Å². The van der Waals surface area contributed by atoms with Gasteiger partial charge in [0.1, 0.15) is 5.75 Å². The van der Waals surface area contributed by atoms with E-state index in [0.29, 0.717) is 17.3 Å². The molecule has 2 saturated heterocycles. The maximum Gasteiger partial charge on any atom is 0.143 e. The number of ether oxygens (including phenoxy) is 2. The third-order valence-electron chi connectivity index (χ3n) is 6.23. The van der Waals surface area contributed by atoms with Gasteiger partial charge in [-0.05, 0) is 42.0 Å². The number of fused-ring (bicyclic) bond motifs is 1. The lowest BCUT2D eigenvalue weighted by Gasteiger charge is -2.29. The molecule has 2 N–H and O–H groups in total. The molecule has 0 amide bonds. The number of aromatic nitrogens is 1. The summed E-state index contributed by atoms with van der Waals surface area (Å²) in [5.74, 6) is 0.283. The van der Waals surface area contributed by atoms with E-state index in [0.717, 1.165) is 81.3 Å². The van der Waals surface area contributed by atoms with E-state index < -0.39 is 0 Å². The van der Waals surface area contributed by atoms with Gasteiger partial charge in [0.25, 0.3) is 0 Å². The molecule has 1 aromatic heterocycles. The summed E-state index contributed by atoms with van der Waals surface area (Å²) >= 11 is 6.16. The first-order chi connectivity index (χ1) is 16.2.